The fourth-order valence-corrected chi connectivity index (χ4v) is 3.01. The average Bonchev–Trinajstić information content (AvgIpc) is 2.84. The Labute approximate surface area is 132 Å². The molecular formula is C16H28N2O4. The van der Waals surface area contributed by atoms with E-state index in [0.29, 0.717) is 32.7 Å². The monoisotopic (exact) mass is 312 g/mol. The van der Waals surface area contributed by atoms with Crippen molar-refractivity contribution in [1.29, 1.82) is 0 Å². The molecule has 1 atom stereocenters. The van der Waals surface area contributed by atoms with Crippen LogP contribution in [-0.2, 0) is 14.3 Å². The molecule has 2 rings (SSSR count). The molecule has 0 spiro atoms. The van der Waals surface area contributed by atoms with Crippen LogP contribution in [0.4, 0.5) is 4.79 Å². The van der Waals surface area contributed by atoms with Crippen LogP contribution in [-0.4, -0.2) is 65.3 Å². The predicted molar refractivity (Wildman–Crippen MR) is 82.6 cm³/mol. The van der Waals surface area contributed by atoms with Gasteiger partial charge in [-0.2, -0.15) is 0 Å². The lowest BCUT2D eigenvalue weighted by Gasteiger charge is -2.44. The largest absolute Gasteiger partial charge is 0.444 e. The summed E-state index contributed by atoms with van der Waals surface area (Å²) in [6.07, 6.45) is 1.14. The third kappa shape index (κ3) is 3.72. The van der Waals surface area contributed by atoms with Crippen LogP contribution in [0.5, 0.6) is 0 Å². The van der Waals surface area contributed by atoms with E-state index in [1.807, 2.05) is 39.5 Å². The van der Waals surface area contributed by atoms with Crippen LogP contribution in [0.2, 0.25) is 0 Å². The van der Waals surface area contributed by atoms with E-state index in [0.717, 1.165) is 6.42 Å². The van der Waals surface area contributed by atoms with Gasteiger partial charge in [0.05, 0.1) is 18.8 Å². The van der Waals surface area contributed by atoms with Crippen LogP contribution in [0.1, 0.15) is 47.5 Å². The van der Waals surface area contributed by atoms with Crippen molar-refractivity contribution in [2.45, 2.75) is 64.6 Å². The molecule has 0 aromatic rings. The first-order valence-corrected chi connectivity index (χ1v) is 8.01. The highest BCUT2D eigenvalue weighted by molar-refractivity contribution is 5.87. The average molecular weight is 312 g/mol. The number of nitrogens with zero attached hydrogens (tertiary/aromatic N) is 2. The van der Waals surface area contributed by atoms with Gasteiger partial charge >= 0.3 is 6.09 Å². The number of ether oxygens (including phenoxy) is 2. The molecule has 0 aromatic heterocycles. The van der Waals surface area contributed by atoms with E-state index in [2.05, 4.69) is 0 Å². The maximum atomic E-state index is 12.9. The second kappa shape index (κ2) is 6.07. The summed E-state index contributed by atoms with van der Waals surface area (Å²) < 4.78 is 10.9. The van der Waals surface area contributed by atoms with Crippen molar-refractivity contribution in [2.75, 3.05) is 26.3 Å². The van der Waals surface area contributed by atoms with Crippen molar-refractivity contribution in [3.63, 3.8) is 0 Å². The summed E-state index contributed by atoms with van der Waals surface area (Å²) in [6, 6.07) is -0.410. The van der Waals surface area contributed by atoms with Crippen LogP contribution in [0.25, 0.3) is 0 Å². The number of morpholine rings is 1. The quantitative estimate of drug-likeness (QED) is 0.743. The van der Waals surface area contributed by atoms with Crippen molar-refractivity contribution in [2.24, 2.45) is 0 Å². The Bertz CT molecular complexity index is 442. The molecule has 2 amide bonds. The summed E-state index contributed by atoms with van der Waals surface area (Å²) >= 11 is 0. The Balaban J connectivity index is 2.09. The molecule has 6 heteroatoms. The molecule has 0 aliphatic carbocycles. The molecule has 2 heterocycles. The van der Waals surface area contributed by atoms with Crippen LogP contribution in [0, 0.1) is 0 Å². The minimum Gasteiger partial charge on any atom is -0.444 e. The highest BCUT2D eigenvalue weighted by Crippen LogP contribution is 2.27. The number of rotatable bonds is 1. The molecule has 2 aliphatic rings. The predicted octanol–water partition coefficient (Wildman–Crippen LogP) is 2.02. The Morgan fingerprint density at radius 2 is 1.91 bits per heavy atom. The van der Waals surface area contributed by atoms with Crippen molar-refractivity contribution < 1.29 is 19.1 Å². The molecule has 22 heavy (non-hydrogen) atoms. The second-order valence-corrected chi connectivity index (χ2v) is 7.69. The van der Waals surface area contributed by atoms with E-state index in [4.69, 9.17) is 9.47 Å². The minimum absolute atomic E-state index is 0.0108. The summed E-state index contributed by atoms with van der Waals surface area (Å²) in [5, 5.41) is 0. The van der Waals surface area contributed by atoms with Crippen LogP contribution in [0.15, 0.2) is 0 Å². The first-order chi connectivity index (χ1) is 10.1. The van der Waals surface area contributed by atoms with Gasteiger partial charge in [-0.3, -0.25) is 9.69 Å². The van der Waals surface area contributed by atoms with Crippen LogP contribution < -0.4 is 0 Å². The molecule has 0 aromatic carbocycles. The van der Waals surface area contributed by atoms with Crippen molar-refractivity contribution in [1.82, 2.24) is 9.80 Å². The molecule has 2 saturated heterocycles. The Hall–Kier alpha value is -1.30. The highest BCUT2D eigenvalue weighted by atomic mass is 16.6. The number of amides is 2. The molecule has 1 unspecified atom stereocenters. The fourth-order valence-electron chi connectivity index (χ4n) is 3.01. The van der Waals surface area contributed by atoms with Crippen molar-refractivity contribution in [3.8, 4) is 0 Å². The zero-order valence-electron chi connectivity index (χ0n) is 14.3. The molecule has 126 valence electrons. The zero-order chi connectivity index (χ0) is 16.5. The van der Waals surface area contributed by atoms with Crippen molar-refractivity contribution >= 4 is 12.0 Å². The lowest BCUT2D eigenvalue weighted by Crippen LogP contribution is -2.60. The van der Waals surface area contributed by atoms with Gasteiger partial charge in [0.1, 0.15) is 11.6 Å². The summed E-state index contributed by atoms with van der Waals surface area (Å²) in [5.41, 5.74) is -0.886. The number of hydrogen-bond acceptors (Lipinski definition) is 4. The first kappa shape index (κ1) is 17.1. The first-order valence-electron chi connectivity index (χ1n) is 8.01. The molecule has 0 saturated carbocycles. The van der Waals surface area contributed by atoms with E-state index in [-0.39, 0.29) is 11.4 Å². The third-order valence-electron chi connectivity index (χ3n) is 4.08. The summed E-state index contributed by atoms with van der Waals surface area (Å²) in [6.45, 7) is 11.7. The summed E-state index contributed by atoms with van der Waals surface area (Å²) in [7, 11) is 0. The van der Waals surface area contributed by atoms with E-state index in [1.54, 1.807) is 4.90 Å². The van der Waals surface area contributed by atoms with Gasteiger partial charge in [0.2, 0.25) is 5.91 Å². The lowest BCUT2D eigenvalue weighted by molar-refractivity contribution is -0.151. The van der Waals surface area contributed by atoms with E-state index in [9.17, 15) is 9.59 Å². The smallest absolute Gasteiger partial charge is 0.410 e. The van der Waals surface area contributed by atoms with Crippen LogP contribution >= 0.6 is 0 Å². The Kier molecular flexibility index (Phi) is 4.70. The molecule has 0 radical (unpaired) electrons. The van der Waals surface area contributed by atoms with Gasteiger partial charge in [0, 0.05) is 13.1 Å². The molecule has 0 N–H and O–H groups in total. The standard InChI is InChI=1S/C16H28N2O4/c1-15(2,3)22-14(20)17-8-6-7-12(17)13(19)18-9-10-21-11-16(18,4)5/h12H,6-11H2,1-5H3. The summed E-state index contributed by atoms with van der Waals surface area (Å²) in [4.78, 5) is 28.7. The van der Waals surface area contributed by atoms with Gasteiger partial charge in [-0.1, -0.05) is 0 Å². The number of likely N-dealkylation sites (tertiary alicyclic amines) is 1. The topological polar surface area (TPSA) is 59.1 Å². The minimum atomic E-state index is -0.550. The maximum Gasteiger partial charge on any atom is 0.410 e. The number of carbonyl (C=O) groups excluding carboxylic acids is 2. The van der Waals surface area contributed by atoms with E-state index >= 15 is 0 Å². The van der Waals surface area contributed by atoms with Gasteiger partial charge in [-0.15, -0.1) is 0 Å². The summed E-state index contributed by atoms with van der Waals surface area (Å²) in [5.74, 6) is 0.0108. The van der Waals surface area contributed by atoms with Gasteiger partial charge < -0.3 is 14.4 Å². The van der Waals surface area contributed by atoms with Gasteiger partial charge in [0.25, 0.3) is 0 Å². The normalized spacial score (nSPS) is 25.2. The van der Waals surface area contributed by atoms with Crippen molar-refractivity contribution in [3.05, 3.63) is 0 Å². The van der Waals surface area contributed by atoms with Gasteiger partial charge in [-0.25, -0.2) is 4.79 Å². The SMILES string of the molecule is CC(C)(C)OC(=O)N1CCCC1C(=O)N1CCOCC1(C)C. The second-order valence-electron chi connectivity index (χ2n) is 7.69. The molecule has 2 fully saturated rings. The van der Waals surface area contributed by atoms with Gasteiger partial charge in [0.15, 0.2) is 0 Å². The zero-order valence-corrected chi connectivity index (χ0v) is 14.3. The fraction of sp³-hybridized carbons (Fsp3) is 0.875. The molecular weight excluding hydrogens is 284 g/mol. The highest BCUT2D eigenvalue weighted by Gasteiger charge is 2.43. The molecule has 6 nitrogen and oxygen atoms in total. The third-order valence-corrected chi connectivity index (χ3v) is 4.08. The number of hydrogen-bond donors (Lipinski definition) is 0. The maximum absolute atomic E-state index is 12.9. The Morgan fingerprint density at radius 1 is 1.23 bits per heavy atom. The lowest BCUT2D eigenvalue weighted by atomic mass is 10.0. The Morgan fingerprint density at radius 3 is 2.50 bits per heavy atom. The van der Waals surface area contributed by atoms with E-state index < -0.39 is 17.7 Å². The van der Waals surface area contributed by atoms with Gasteiger partial charge in [-0.05, 0) is 47.5 Å². The van der Waals surface area contributed by atoms with Crippen LogP contribution in [0.3, 0.4) is 0 Å². The molecule has 2 aliphatic heterocycles. The molecule has 0 bridgehead atoms. The van der Waals surface area contributed by atoms with E-state index in [1.165, 1.54) is 0 Å². The number of carbonyl (C=O) groups is 2.